The number of fused-ring (bicyclic) bond motifs is 1. The summed E-state index contributed by atoms with van der Waals surface area (Å²) in [5, 5.41) is 4.43. The minimum atomic E-state index is 0.296. The van der Waals surface area contributed by atoms with Crippen LogP contribution in [0.1, 0.15) is 31.3 Å². The second-order valence-electron chi connectivity index (χ2n) is 5.28. The van der Waals surface area contributed by atoms with Gasteiger partial charge in [0, 0.05) is 17.5 Å². The fourth-order valence-electron chi connectivity index (χ4n) is 2.16. The van der Waals surface area contributed by atoms with Crippen molar-refractivity contribution < 1.29 is 0 Å². The van der Waals surface area contributed by atoms with E-state index < -0.39 is 0 Å². The van der Waals surface area contributed by atoms with E-state index in [1.807, 2.05) is 42.5 Å². The van der Waals surface area contributed by atoms with Crippen molar-refractivity contribution in [1.82, 2.24) is 15.0 Å². The van der Waals surface area contributed by atoms with Gasteiger partial charge in [0.05, 0.1) is 17.8 Å². The van der Waals surface area contributed by atoms with Gasteiger partial charge >= 0.3 is 0 Å². The number of hydrogen-bond donors (Lipinski definition) is 1. The van der Waals surface area contributed by atoms with E-state index in [0.29, 0.717) is 12.5 Å². The van der Waals surface area contributed by atoms with E-state index in [1.165, 1.54) is 0 Å². The molecule has 0 bridgehead atoms. The Morgan fingerprint density at radius 1 is 1.00 bits per heavy atom. The predicted octanol–water partition coefficient (Wildman–Crippen LogP) is 3.76. The van der Waals surface area contributed by atoms with E-state index in [9.17, 15) is 0 Å². The largest absolute Gasteiger partial charge is 0.364 e. The highest BCUT2D eigenvalue weighted by Gasteiger charge is 2.09. The zero-order valence-corrected chi connectivity index (χ0v) is 12.2. The first-order chi connectivity index (χ1) is 10.2. The first-order valence-corrected chi connectivity index (χ1v) is 7.14. The molecule has 0 amide bonds. The molecule has 0 aliphatic rings. The average molecular weight is 278 g/mol. The molecule has 0 saturated carbocycles. The summed E-state index contributed by atoms with van der Waals surface area (Å²) in [6.45, 7) is 4.86. The molecule has 3 rings (SSSR count). The molecule has 0 unspecified atom stereocenters. The van der Waals surface area contributed by atoms with Crippen LogP contribution in [0.2, 0.25) is 0 Å². The molecule has 0 saturated heterocycles. The molecule has 4 nitrogen and oxygen atoms in total. The highest BCUT2D eigenvalue weighted by Crippen LogP contribution is 2.23. The van der Waals surface area contributed by atoms with Gasteiger partial charge in [-0.05, 0) is 24.3 Å². The predicted molar refractivity (Wildman–Crippen MR) is 85.2 cm³/mol. The van der Waals surface area contributed by atoms with Gasteiger partial charge in [0.1, 0.15) is 11.6 Å². The molecule has 0 aliphatic heterocycles. The minimum absolute atomic E-state index is 0.296. The van der Waals surface area contributed by atoms with E-state index in [2.05, 4.69) is 34.1 Å². The lowest BCUT2D eigenvalue weighted by Crippen LogP contribution is -2.07. The molecule has 0 radical (unpaired) electrons. The molecule has 0 aliphatic carbocycles. The van der Waals surface area contributed by atoms with Crippen LogP contribution in [-0.2, 0) is 6.54 Å². The molecule has 2 aromatic heterocycles. The maximum absolute atomic E-state index is 4.67. The maximum Gasteiger partial charge on any atom is 0.137 e. The lowest BCUT2D eigenvalue weighted by molar-refractivity contribution is 0.783. The fourth-order valence-corrected chi connectivity index (χ4v) is 2.16. The number of nitrogens with one attached hydrogen (secondary N) is 1. The van der Waals surface area contributed by atoms with Crippen molar-refractivity contribution in [2.45, 2.75) is 26.3 Å². The third-order valence-electron chi connectivity index (χ3n) is 3.30. The van der Waals surface area contributed by atoms with Crippen LogP contribution in [-0.4, -0.2) is 15.0 Å². The zero-order chi connectivity index (χ0) is 14.7. The number of rotatable bonds is 4. The van der Waals surface area contributed by atoms with Crippen molar-refractivity contribution in [1.29, 1.82) is 0 Å². The molecular weight excluding hydrogens is 260 g/mol. The Bertz CT molecular complexity index is 738. The molecule has 1 aromatic carbocycles. The van der Waals surface area contributed by atoms with Crippen molar-refractivity contribution in [2.75, 3.05) is 5.32 Å². The van der Waals surface area contributed by atoms with Crippen molar-refractivity contribution in [3.63, 3.8) is 0 Å². The van der Waals surface area contributed by atoms with E-state index >= 15 is 0 Å². The van der Waals surface area contributed by atoms with Gasteiger partial charge in [0.15, 0.2) is 0 Å². The molecule has 1 N–H and O–H groups in total. The number of nitrogens with zero attached hydrogens (tertiary/aromatic N) is 3. The maximum atomic E-state index is 4.67. The van der Waals surface area contributed by atoms with Crippen LogP contribution < -0.4 is 5.32 Å². The highest BCUT2D eigenvalue weighted by atomic mass is 15.0. The van der Waals surface area contributed by atoms with Crippen molar-refractivity contribution in [3.05, 3.63) is 60.2 Å². The number of pyridine rings is 1. The molecule has 106 valence electrons. The number of aromatic nitrogens is 3. The van der Waals surface area contributed by atoms with E-state index in [4.69, 9.17) is 0 Å². The first-order valence-electron chi connectivity index (χ1n) is 7.14. The molecule has 0 spiro atoms. The Labute approximate surface area is 124 Å². The Kier molecular flexibility index (Phi) is 3.77. The summed E-state index contributed by atoms with van der Waals surface area (Å²) in [4.78, 5) is 13.6. The SMILES string of the molecule is CC(C)c1nc(NCc2ccccn2)c2ccccc2n1. The highest BCUT2D eigenvalue weighted by molar-refractivity contribution is 5.89. The third-order valence-corrected chi connectivity index (χ3v) is 3.30. The van der Waals surface area contributed by atoms with Crippen LogP contribution in [0.5, 0.6) is 0 Å². The Morgan fingerprint density at radius 3 is 2.57 bits per heavy atom. The fraction of sp³-hybridized carbons (Fsp3) is 0.235. The van der Waals surface area contributed by atoms with Crippen LogP contribution in [0.4, 0.5) is 5.82 Å². The van der Waals surface area contributed by atoms with Crippen molar-refractivity contribution in [2.24, 2.45) is 0 Å². The summed E-state index contributed by atoms with van der Waals surface area (Å²) in [6, 6.07) is 14.0. The summed E-state index contributed by atoms with van der Waals surface area (Å²) in [5.74, 6) is 2.03. The lowest BCUT2D eigenvalue weighted by Gasteiger charge is -2.12. The van der Waals surface area contributed by atoms with Gasteiger partial charge in [0.2, 0.25) is 0 Å². The Morgan fingerprint density at radius 2 is 1.81 bits per heavy atom. The van der Waals surface area contributed by atoms with Gasteiger partial charge in [-0.2, -0.15) is 0 Å². The molecule has 3 aromatic rings. The second kappa shape index (κ2) is 5.87. The zero-order valence-electron chi connectivity index (χ0n) is 12.2. The quantitative estimate of drug-likeness (QED) is 0.789. The summed E-state index contributed by atoms with van der Waals surface area (Å²) in [6.07, 6.45) is 1.80. The monoisotopic (exact) mass is 278 g/mol. The van der Waals surface area contributed by atoms with Crippen LogP contribution in [0.3, 0.4) is 0 Å². The van der Waals surface area contributed by atoms with Gasteiger partial charge in [-0.15, -0.1) is 0 Å². The van der Waals surface area contributed by atoms with Gasteiger partial charge in [-0.1, -0.05) is 32.0 Å². The van der Waals surface area contributed by atoms with Crippen LogP contribution >= 0.6 is 0 Å². The summed E-state index contributed by atoms with van der Waals surface area (Å²) >= 11 is 0. The Balaban J connectivity index is 1.96. The smallest absolute Gasteiger partial charge is 0.137 e. The molecule has 0 atom stereocenters. The normalized spacial score (nSPS) is 11.0. The van der Waals surface area contributed by atoms with Gasteiger partial charge in [0.25, 0.3) is 0 Å². The average Bonchev–Trinajstić information content (AvgIpc) is 2.53. The summed E-state index contributed by atoms with van der Waals surface area (Å²) < 4.78 is 0. The van der Waals surface area contributed by atoms with Gasteiger partial charge in [-0.25, -0.2) is 9.97 Å². The third kappa shape index (κ3) is 2.99. The van der Waals surface area contributed by atoms with Gasteiger partial charge in [-0.3, -0.25) is 4.98 Å². The molecule has 21 heavy (non-hydrogen) atoms. The number of para-hydroxylation sites is 1. The topological polar surface area (TPSA) is 50.7 Å². The number of benzene rings is 1. The summed E-state index contributed by atoms with van der Waals surface area (Å²) in [5.41, 5.74) is 1.96. The minimum Gasteiger partial charge on any atom is -0.364 e. The molecular formula is C17H18N4. The first kappa shape index (κ1) is 13.5. The number of anilines is 1. The van der Waals surface area contributed by atoms with E-state index in [0.717, 1.165) is 28.2 Å². The second-order valence-corrected chi connectivity index (χ2v) is 5.28. The Hall–Kier alpha value is -2.49. The number of hydrogen-bond acceptors (Lipinski definition) is 4. The van der Waals surface area contributed by atoms with Crippen molar-refractivity contribution >= 4 is 16.7 Å². The van der Waals surface area contributed by atoms with Crippen LogP contribution in [0.15, 0.2) is 48.7 Å². The summed E-state index contributed by atoms with van der Waals surface area (Å²) in [7, 11) is 0. The van der Waals surface area contributed by atoms with E-state index in [1.54, 1.807) is 6.20 Å². The van der Waals surface area contributed by atoms with Gasteiger partial charge < -0.3 is 5.32 Å². The lowest BCUT2D eigenvalue weighted by atomic mass is 10.1. The van der Waals surface area contributed by atoms with Crippen LogP contribution in [0.25, 0.3) is 10.9 Å². The van der Waals surface area contributed by atoms with Crippen LogP contribution in [0, 0.1) is 0 Å². The molecule has 2 heterocycles. The van der Waals surface area contributed by atoms with Crippen molar-refractivity contribution in [3.8, 4) is 0 Å². The molecule has 4 heteroatoms. The van der Waals surface area contributed by atoms with E-state index in [-0.39, 0.29) is 0 Å². The molecule has 0 fully saturated rings. The standard InChI is InChI=1S/C17H18N4/c1-12(2)16-20-15-9-4-3-8-14(15)17(21-16)19-11-13-7-5-6-10-18-13/h3-10,12H,11H2,1-2H3,(H,19,20,21).